The normalized spacial score (nSPS) is 15.0. The highest BCUT2D eigenvalue weighted by Crippen LogP contribution is 2.25. The highest BCUT2D eigenvalue weighted by molar-refractivity contribution is 5.13. The Labute approximate surface area is 154 Å². The van der Waals surface area contributed by atoms with Gasteiger partial charge in [-0.15, -0.1) is 0 Å². The van der Waals surface area contributed by atoms with E-state index in [2.05, 4.69) is 13.8 Å². The maximum atomic E-state index is 10.8. The van der Waals surface area contributed by atoms with Crippen LogP contribution in [0.25, 0.3) is 0 Å². The Balaban J connectivity index is 2.40. The topological polar surface area (TPSA) is 38.7 Å². The van der Waals surface area contributed by atoms with Crippen LogP contribution in [0.5, 0.6) is 0 Å². The van der Waals surface area contributed by atoms with Gasteiger partial charge in [-0.1, -0.05) is 89.1 Å². The van der Waals surface area contributed by atoms with E-state index in [-0.39, 0.29) is 12.9 Å². The Morgan fingerprint density at radius 1 is 0.960 bits per heavy atom. The van der Waals surface area contributed by atoms with Crippen LogP contribution >= 0.6 is 0 Å². The molecule has 1 aromatic rings. The summed E-state index contributed by atoms with van der Waals surface area (Å²) in [5.74, 6) is 0. The monoisotopic (exact) mass is 350 g/mol. The predicted octanol–water partition coefficient (Wildman–Crippen LogP) is 5.85. The summed E-state index contributed by atoms with van der Waals surface area (Å²) >= 11 is 0. The van der Waals surface area contributed by atoms with E-state index in [1.807, 2.05) is 37.3 Å². The maximum absolute atomic E-state index is 10.8. The van der Waals surface area contributed by atoms with Crippen LogP contribution in [0.2, 0.25) is 0 Å². The Bertz CT molecular complexity index is 417. The largest absolute Gasteiger partial charge is 0.387 e. The van der Waals surface area contributed by atoms with Gasteiger partial charge in [0.25, 0.3) is 0 Å². The summed E-state index contributed by atoms with van der Waals surface area (Å²) in [5.41, 5.74) is 0.358. The van der Waals surface area contributed by atoms with Crippen molar-refractivity contribution in [1.82, 2.24) is 0 Å². The Hall–Kier alpha value is -0.900. The SMILES string of the molecule is CCCCCCC[C@@H](OCOCc1ccccc1)[C@](C)(O)CCCC. The summed E-state index contributed by atoms with van der Waals surface area (Å²) in [6, 6.07) is 10.1. The Morgan fingerprint density at radius 2 is 1.64 bits per heavy atom. The van der Waals surface area contributed by atoms with Crippen LogP contribution in [0.4, 0.5) is 0 Å². The molecule has 0 fully saturated rings. The predicted molar refractivity (Wildman–Crippen MR) is 104 cm³/mol. The Kier molecular flexibility index (Phi) is 11.8. The molecule has 0 amide bonds. The van der Waals surface area contributed by atoms with Gasteiger partial charge in [-0.05, 0) is 25.3 Å². The van der Waals surface area contributed by atoms with Crippen molar-refractivity contribution in [1.29, 1.82) is 0 Å². The highest BCUT2D eigenvalue weighted by atomic mass is 16.7. The molecular formula is C22H38O3. The van der Waals surface area contributed by atoms with Gasteiger partial charge >= 0.3 is 0 Å². The lowest BCUT2D eigenvalue weighted by atomic mass is 9.89. The van der Waals surface area contributed by atoms with Gasteiger partial charge in [0.05, 0.1) is 18.3 Å². The van der Waals surface area contributed by atoms with Crippen molar-refractivity contribution in [3.63, 3.8) is 0 Å². The van der Waals surface area contributed by atoms with Crippen LogP contribution in [0.1, 0.15) is 84.1 Å². The molecule has 0 unspecified atom stereocenters. The number of aliphatic hydroxyl groups is 1. The standard InChI is InChI=1S/C22H38O3/c1-4-6-8-9-13-16-21(22(3,23)17-7-5-2)25-19-24-18-20-14-11-10-12-15-20/h10-12,14-15,21,23H,4-9,13,16-19H2,1-3H3/t21-,22-/m1/s1. The lowest BCUT2D eigenvalue weighted by Gasteiger charge is -2.33. The summed E-state index contributed by atoms with van der Waals surface area (Å²) in [4.78, 5) is 0. The first-order valence-corrected chi connectivity index (χ1v) is 10.1. The van der Waals surface area contributed by atoms with Gasteiger partial charge in [0.15, 0.2) is 0 Å². The van der Waals surface area contributed by atoms with Gasteiger partial charge < -0.3 is 14.6 Å². The molecule has 0 spiro atoms. The minimum absolute atomic E-state index is 0.156. The number of hydrogen-bond acceptors (Lipinski definition) is 3. The molecule has 3 nitrogen and oxygen atoms in total. The molecule has 144 valence electrons. The molecule has 0 aliphatic rings. The van der Waals surface area contributed by atoms with Gasteiger partial charge in [-0.2, -0.15) is 0 Å². The molecule has 0 aliphatic heterocycles. The van der Waals surface area contributed by atoms with Gasteiger partial charge in [0.1, 0.15) is 6.79 Å². The second-order valence-corrected chi connectivity index (χ2v) is 7.27. The Morgan fingerprint density at radius 3 is 2.32 bits per heavy atom. The first-order valence-electron chi connectivity index (χ1n) is 10.1. The molecule has 0 bridgehead atoms. The van der Waals surface area contributed by atoms with Crippen LogP contribution < -0.4 is 0 Å². The molecule has 1 aromatic carbocycles. The molecule has 0 radical (unpaired) electrons. The number of hydrogen-bond donors (Lipinski definition) is 1. The molecule has 25 heavy (non-hydrogen) atoms. The molecule has 1 rings (SSSR count). The smallest absolute Gasteiger partial charge is 0.147 e. The molecule has 3 heteroatoms. The second kappa shape index (κ2) is 13.3. The van der Waals surface area contributed by atoms with Crippen LogP contribution in [0, 0.1) is 0 Å². The summed E-state index contributed by atoms with van der Waals surface area (Å²) in [5, 5.41) is 10.8. The molecule has 1 N–H and O–H groups in total. The van der Waals surface area contributed by atoms with Gasteiger partial charge in [-0.3, -0.25) is 0 Å². The zero-order valence-electron chi connectivity index (χ0n) is 16.5. The van der Waals surface area contributed by atoms with E-state index in [4.69, 9.17) is 9.47 Å². The molecule has 0 heterocycles. The lowest BCUT2D eigenvalue weighted by molar-refractivity contribution is -0.165. The summed E-state index contributed by atoms with van der Waals surface area (Å²) < 4.78 is 11.6. The fraction of sp³-hybridized carbons (Fsp3) is 0.727. The van der Waals surface area contributed by atoms with E-state index in [0.29, 0.717) is 6.61 Å². The van der Waals surface area contributed by atoms with Crippen molar-refractivity contribution in [2.75, 3.05) is 6.79 Å². The third-order valence-corrected chi connectivity index (χ3v) is 4.76. The lowest BCUT2D eigenvalue weighted by Crippen LogP contribution is -2.41. The fourth-order valence-corrected chi connectivity index (χ4v) is 3.07. The summed E-state index contributed by atoms with van der Waals surface area (Å²) in [6.45, 7) is 7.07. The summed E-state index contributed by atoms with van der Waals surface area (Å²) in [6.07, 6.45) is 9.75. The van der Waals surface area contributed by atoms with Gasteiger partial charge in [-0.25, -0.2) is 0 Å². The van der Waals surface area contributed by atoms with E-state index in [9.17, 15) is 5.11 Å². The minimum atomic E-state index is -0.781. The van der Waals surface area contributed by atoms with Crippen molar-refractivity contribution in [3.05, 3.63) is 35.9 Å². The number of ether oxygens (including phenoxy) is 2. The molecule has 0 saturated heterocycles. The van der Waals surface area contributed by atoms with Crippen molar-refractivity contribution < 1.29 is 14.6 Å². The zero-order chi connectivity index (χ0) is 18.4. The van der Waals surface area contributed by atoms with Gasteiger partial charge in [0.2, 0.25) is 0 Å². The molecule has 0 aromatic heterocycles. The highest BCUT2D eigenvalue weighted by Gasteiger charge is 2.31. The number of benzene rings is 1. The van der Waals surface area contributed by atoms with E-state index in [0.717, 1.165) is 37.7 Å². The first kappa shape index (κ1) is 22.1. The van der Waals surface area contributed by atoms with Crippen LogP contribution in [0.3, 0.4) is 0 Å². The van der Waals surface area contributed by atoms with Crippen molar-refractivity contribution in [2.45, 2.75) is 96.9 Å². The fourth-order valence-electron chi connectivity index (χ4n) is 3.07. The maximum Gasteiger partial charge on any atom is 0.147 e. The molecule has 0 aliphatic carbocycles. The average molecular weight is 351 g/mol. The van der Waals surface area contributed by atoms with E-state index in [1.165, 1.54) is 25.7 Å². The number of rotatable bonds is 15. The molecule has 2 atom stereocenters. The third kappa shape index (κ3) is 9.98. The quantitative estimate of drug-likeness (QED) is 0.319. The van der Waals surface area contributed by atoms with Crippen molar-refractivity contribution >= 4 is 0 Å². The summed E-state index contributed by atoms with van der Waals surface area (Å²) in [7, 11) is 0. The average Bonchev–Trinajstić information content (AvgIpc) is 2.62. The zero-order valence-corrected chi connectivity index (χ0v) is 16.5. The number of unbranched alkanes of at least 4 members (excludes halogenated alkanes) is 5. The van der Waals surface area contributed by atoms with Crippen LogP contribution in [-0.4, -0.2) is 23.6 Å². The molecule has 0 saturated carbocycles. The van der Waals surface area contributed by atoms with Crippen LogP contribution in [-0.2, 0) is 16.1 Å². The van der Waals surface area contributed by atoms with Crippen molar-refractivity contribution in [3.8, 4) is 0 Å². The third-order valence-electron chi connectivity index (χ3n) is 4.76. The minimum Gasteiger partial charge on any atom is -0.387 e. The van der Waals surface area contributed by atoms with E-state index >= 15 is 0 Å². The van der Waals surface area contributed by atoms with E-state index in [1.54, 1.807) is 0 Å². The van der Waals surface area contributed by atoms with Gasteiger partial charge in [0, 0.05) is 0 Å². The first-order chi connectivity index (χ1) is 12.1. The van der Waals surface area contributed by atoms with E-state index < -0.39 is 5.60 Å². The second-order valence-electron chi connectivity index (χ2n) is 7.27. The van der Waals surface area contributed by atoms with Crippen LogP contribution in [0.15, 0.2) is 30.3 Å². The van der Waals surface area contributed by atoms with Crippen molar-refractivity contribution in [2.24, 2.45) is 0 Å². The molecular weight excluding hydrogens is 312 g/mol.